The summed E-state index contributed by atoms with van der Waals surface area (Å²) >= 11 is 6.06. The molecule has 2 heterocycles. The summed E-state index contributed by atoms with van der Waals surface area (Å²) < 4.78 is 1.73. The number of anilines is 3. The lowest BCUT2D eigenvalue weighted by atomic mass is 10.4. The van der Waals surface area contributed by atoms with Gasteiger partial charge in [-0.3, -0.25) is 4.68 Å². The number of aromatic nitrogens is 4. The molecule has 0 aliphatic carbocycles. The number of nitrogens with one attached hydrogen (secondary N) is 2. The number of aryl methyl sites for hydroxylation is 2. The fourth-order valence-electron chi connectivity index (χ4n) is 1.55. The van der Waals surface area contributed by atoms with Crippen LogP contribution in [0.25, 0.3) is 0 Å². The highest BCUT2D eigenvalue weighted by Crippen LogP contribution is 2.24. The summed E-state index contributed by atoms with van der Waals surface area (Å²) in [5.41, 5.74) is 1.76. The lowest BCUT2D eigenvalue weighted by Crippen LogP contribution is -2.04. The first-order chi connectivity index (χ1) is 8.60. The van der Waals surface area contributed by atoms with E-state index >= 15 is 0 Å². The molecule has 0 radical (unpaired) electrons. The Kier molecular flexibility index (Phi) is 3.66. The molecule has 0 aliphatic heterocycles. The Morgan fingerprint density at radius 2 is 2.22 bits per heavy atom. The molecule has 18 heavy (non-hydrogen) atoms. The molecule has 0 spiro atoms. The van der Waals surface area contributed by atoms with E-state index in [4.69, 9.17) is 11.6 Å². The maximum atomic E-state index is 6.06. The van der Waals surface area contributed by atoms with Crippen molar-refractivity contribution in [3.8, 4) is 0 Å². The minimum Gasteiger partial charge on any atom is -0.354 e. The van der Waals surface area contributed by atoms with Crippen LogP contribution in [0.3, 0.4) is 0 Å². The normalized spacial score (nSPS) is 10.4. The Balaban J connectivity index is 2.27. The van der Waals surface area contributed by atoms with Crippen LogP contribution in [-0.2, 0) is 7.05 Å². The molecule has 0 aromatic carbocycles. The molecule has 0 aliphatic rings. The number of hydrogen-bond donors (Lipinski definition) is 2. The van der Waals surface area contributed by atoms with E-state index in [1.165, 1.54) is 0 Å². The molecule has 0 amide bonds. The monoisotopic (exact) mass is 266 g/mol. The summed E-state index contributed by atoms with van der Waals surface area (Å²) in [6, 6.07) is 0. The molecule has 6 nitrogen and oxygen atoms in total. The van der Waals surface area contributed by atoms with Crippen molar-refractivity contribution in [2.24, 2.45) is 7.05 Å². The maximum absolute atomic E-state index is 6.06. The first-order valence-electron chi connectivity index (χ1n) is 5.64. The van der Waals surface area contributed by atoms with Crippen molar-refractivity contribution in [1.29, 1.82) is 0 Å². The van der Waals surface area contributed by atoms with Gasteiger partial charge in [0.15, 0.2) is 5.82 Å². The van der Waals surface area contributed by atoms with E-state index in [1.807, 2.05) is 27.1 Å². The molecule has 2 rings (SSSR count). The quantitative estimate of drug-likeness (QED) is 0.889. The highest BCUT2D eigenvalue weighted by atomic mass is 35.5. The van der Waals surface area contributed by atoms with Gasteiger partial charge in [0.05, 0.1) is 17.6 Å². The third-order valence-electron chi connectivity index (χ3n) is 2.35. The number of rotatable bonds is 4. The van der Waals surface area contributed by atoms with Gasteiger partial charge in [0.25, 0.3) is 0 Å². The minimum absolute atomic E-state index is 0.472. The van der Waals surface area contributed by atoms with Gasteiger partial charge in [-0.1, -0.05) is 11.6 Å². The van der Waals surface area contributed by atoms with E-state index in [2.05, 4.69) is 25.7 Å². The van der Waals surface area contributed by atoms with Crippen LogP contribution in [0.1, 0.15) is 12.6 Å². The topological polar surface area (TPSA) is 67.7 Å². The summed E-state index contributed by atoms with van der Waals surface area (Å²) in [5, 5.41) is 10.9. The van der Waals surface area contributed by atoms with E-state index in [9.17, 15) is 0 Å². The van der Waals surface area contributed by atoms with Crippen molar-refractivity contribution < 1.29 is 0 Å². The van der Waals surface area contributed by atoms with Gasteiger partial charge in [0.1, 0.15) is 5.02 Å². The van der Waals surface area contributed by atoms with Gasteiger partial charge in [0.2, 0.25) is 5.95 Å². The molecule has 7 heteroatoms. The smallest absolute Gasteiger partial charge is 0.224 e. The van der Waals surface area contributed by atoms with Crippen LogP contribution < -0.4 is 10.6 Å². The van der Waals surface area contributed by atoms with Crippen LogP contribution in [0.2, 0.25) is 5.02 Å². The molecule has 0 fully saturated rings. The first-order valence-corrected chi connectivity index (χ1v) is 6.01. The second-order valence-corrected chi connectivity index (χ2v) is 4.25. The van der Waals surface area contributed by atoms with Gasteiger partial charge in [-0.05, 0) is 13.8 Å². The third-order valence-corrected chi connectivity index (χ3v) is 2.62. The molecular formula is C11H15ClN6. The molecule has 2 aromatic rings. The van der Waals surface area contributed by atoms with E-state index in [0.29, 0.717) is 16.8 Å². The zero-order chi connectivity index (χ0) is 13.1. The number of halogens is 1. The predicted octanol–water partition coefficient (Wildman–Crippen LogP) is 2.35. The average molecular weight is 267 g/mol. The zero-order valence-corrected chi connectivity index (χ0v) is 11.3. The Labute approximate surface area is 110 Å². The van der Waals surface area contributed by atoms with Crippen LogP contribution in [0, 0.1) is 6.92 Å². The Morgan fingerprint density at radius 3 is 2.83 bits per heavy atom. The van der Waals surface area contributed by atoms with Crippen molar-refractivity contribution in [2.45, 2.75) is 13.8 Å². The van der Waals surface area contributed by atoms with E-state index in [0.717, 1.165) is 17.9 Å². The zero-order valence-electron chi connectivity index (χ0n) is 10.5. The number of nitrogens with zero attached hydrogens (tertiary/aromatic N) is 4. The average Bonchev–Trinajstić information content (AvgIpc) is 2.62. The Morgan fingerprint density at radius 1 is 1.44 bits per heavy atom. The molecule has 0 atom stereocenters. The first kappa shape index (κ1) is 12.6. The Hall–Kier alpha value is -1.82. The van der Waals surface area contributed by atoms with Crippen molar-refractivity contribution in [2.75, 3.05) is 17.2 Å². The number of hydrogen-bond acceptors (Lipinski definition) is 5. The van der Waals surface area contributed by atoms with Crippen molar-refractivity contribution in [3.63, 3.8) is 0 Å². The highest BCUT2D eigenvalue weighted by molar-refractivity contribution is 6.32. The summed E-state index contributed by atoms with van der Waals surface area (Å²) in [6.45, 7) is 4.66. The lowest BCUT2D eigenvalue weighted by Gasteiger charge is -2.08. The second-order valence-electron chi connectivity index (χ2n) is 3.85. The second kappa shape index (κ2) is 5.22. The molecule has 2 aromatic heterocycles. The van der Waals surface area contributed by atoms with Crippen LogP contribution in [0.4, 0.5) is 17.5 Å². The fourth-order valence-corrected chi connectivity index (χ4v) is 1.69. The van der Waals surface area contributed by atoms with Crippen LogP contribution in [0.5, 0.6) is 0 Å². The summed E-state index contributed by atoms with van der Waals surface area (Å²) in [7, 11) is 1.86. The van der Waals surface area contributed by atoms with Crippen LogP contribution >= 0.6 is 11.6 Å². The molecule has 0 bridgehead atoms. The largest absolute Gasteiger partial charge is 0.354 e. The summed E-state index contributed by atoms with van der Waals surface area (Å²) in [4.78, 5) is 8.39. The fraction of sp³-hybridized carbons (Fsp3) is 0.364. The molecule has 0 saturated heterocycles. The van der Waals surface area contributed by atoms with Gasteiger partial charge in [-0.25, -0.2) is 4.98 Å². The van der Waals surface area contributed by atoms with E-state index in [-0.39, 0.29) is 0 Å². The van der Waals surface area contributed by atoms with Gasteiger partial charge in [0, 0.05) is 19.8 Å². The van der Waals surface area contributed by atoms with Crippen molar-refractivity contribution in [3.05, 3.63) is 23.1 Å². The molecule has 0 unspecified atom stereocenters. The molecule has 2 N–H and O–H groups in total. The maximum Gasteiger partial charge on any atom is 0.224 e. The third kappa shape index (κ3) is 2.70. The van der Waals surface area contributed by atoms with Gasteiger partial charge >= 0.3 is 0 Å². The predicted molar refractivity (Wildman–Crippen MR) is 72.4 cm³/mol. The van der Waals surface area contributed by atoms with Gasteiger partial charge in [-0.15, -0.1) is 0 Å². The van der Waals surface area contributed by atoms with Crippen molar-refractivity contribution >= 4 is 29.1 Å². The van der Waals surface area contributed by atoms with Gasteiger partial charge < -0.3 is 10.6 Å². The van der Waals surface area contributed by atoms with E-state index in [1.54, 1.807) is 10.9 Å². The standard InChI is InChI=1S/C11H15ClN6/c1-4-13-11-14-5-8(12)10(16-11)15-9-6-18(3)17-7(9)2/h5-6H,4H2,1-3H3,(H2,13,14,15,16). The van der Waals surface area contributed by atoms with Crippen LogP contribution in [-0.4, -0.2) is 26.3 Å². The van der Waals surface area contributed by atoms with Crippen molar-refractivity contribution in [1.82, 2.24) is 19.7 Å². The van der Waals surface area contributed by atoms with E-state index < -0.39 is 0 Å². The molecular weight excluding hydrogens is 252 g/mol. The molecule has 96 valence electrons. The summed E-state index contributed by atoms with van der Waals surface area (Å²) in [5.74, 6) is 1.12. The minimum atomic E-state index is 0.472. The summed E-state index contributed by atoms with van der Waals surface area (Å²) in [6.07, 6.45) is 3.45. The van der Waals surface area contributed by atoms with Crippen LogP contribution in [0.15, 0.2) is 12.4 Å². The van der Waals surface area contributed by atoms with Gasteiger partial charge in [-0.2, -0.15) is 10.1 Å². The Bertz CT molecular complexity index is 550. The lowest BCUT2D eigenvalue weighted by molar-refractivity contribution is 0.756. The highest BCUT2D eigenvalue weighted by Gasteiger charge is 2.08. The molecule has 0 saturated carbocycles. The SMILES string of the molecule is CCNc1ncc(Cl)c(Nc2cn(C)nc2C)n1.